The minimum absolute atomic E-state index is 0.226. The normalized spacial score (nSPS) is 18.1. The minimum atomic E-state index is 0.226. The van der Waals surface area contributed by atoms with E-state index < -0.39 is 0 Å². The predicted octanol–water partition coefficient (Wildman–Crippen LogP) is 3.61. The SMILES string of the molecule is Cc1ccccc1C(CBr)OC1CC1. The molecular weight excluding hydrogens is 240 g/mol. The van der Waals surface area contributed by atoms with Crippen molar-refractivity contribution < 1.29 is 4.74 Å². The molecule has 0 heterocycles. The fourth-order valence-electron chi connectivity index (χ4n) is 1.58. The van der Waals surface area contributed by atoms with Crippen LogP contribution in [-0.4, -0.2) is 11.4 Å². The molecule has 0 aliphatic heterocycles. The third-order valence-corrected chi connectivity index (χ3v) is 3.14. The van der Waals surface area contributed by atoms with Gasteiger partial charge in [0.25, 0.3) is 0 Å². The van der Waals surface area contributed by atoms with Crippen LogP contribution in [0.4, 0.5) is 0 Å². The molecule has 1 nitrogen and oxygen atoms in total. The van der Waals surface area contributed by atoms with Crippen molar-refractivity contribution in [2.24, 2.45) is 0 Å². The lowest BCUT2D eigenvalue weighted by molar-refractivity contribution is 0.0555. The molecule has 2 heteroatoms. The van der Waals surface area contributed by atoms with E-state index in [2.05, 4.69) is 47.1 Å². The highest BCUT2D eigenvalue weighted by molar-refractivity contribution is 9.09. The first-order valence-corrected chi connectivity index (χ1v) is 6.20. The highest BCUT2D eigenvalue weighted by Gasteiger charge is 2.26. The molecule has 76 valence electrons. The smallest absolute Gasteiger partial charge is 0.0927 e. The summed E-state index contributed by atoms with van der Waals surface area (Å²) in [5.74, 6) is 0. The maximum absolute atomic E-state index is 5.93. The van der Waals surface area contributed by atoms with Crippen LogP contribution in [-0.2, 0) is 4.74 Å². The molecule has 1 aromatic carbocycles. The number of ether oxygens (including phenoxy) is 1. The molecule has 1 aromatic rings. The van der Waals surface area contributed by atoms with Crippen LogP contribution in [0.1, 0.15) is 30.1 Å². The van der Waals surface area contributed by atoms with Gasteiger partial charge in [-0.25, -0.2) is 0 Å². The average Bonchev–Trinajstić information content (AvgIpc) is 2.99. The third kappa shape index (κ3) is 2.37. The molecule has 0 amide bonds. The van der Waals surface area contributed by atoms with Gasteiger partial charge in [0.1, 0.15) is 0 Å². The molecule has 2 rings (SSSR count). The summed E-state index contributed by atoms with van der Waals surface area (Å²) in [4.78, 5) is 0. The first kappa shape index (κ1) is 10.2. The van der Waals surface area contributed by atoms with E-state index >= 15 is 0 Å². The summed E-state index contributed by atoms with van der Waals surface area (Å²) < 4.78 is 5.93. The van der Waals surface area contributed by atoms with E-state index in [-0.39, 0.29) is 6.10 Å². The lowest BCUT2D eigenvalue weighted by Gasteiger charge is -2.17. The number of halogens is 1. The van der Waals surface area contributed by atoms with Crippen molar-refractivity contribution >= 4 is 15.9 Å². The maximum atomic E-state index is 5.93. The summed E-state index contributed by atoms with van der Waals surface area (Å²) in [6.07, 6.45) is 3.20. The molecular formula is C12H15BrO. The molecule has 1 saturated carbocycles. The molecule has 0 radical (unpaired) electrons. The van der Waals surface area contributed by atoms with Gasteiger partial charge in [-0.15, -0.1) is 0 Å². The standard InChI is InChI=1S/C12H15BrO/c1-9-4-2-3-5-11(9)12(8-13)14-10-6-7-10/h2-5,10,12H,6-8H2,1H3. The van der Waals surface area contributed by atoms with Crippen LogP contribution >= 0.6 is 15.9 Å². The largest absolute Gasteiger partial charge is 0.369 e. The molecule has 1 aliphatic carbocycles. The lowest BCUT2D eigenvalue weighted by atomic mass is 10.0. The van der Waals surface area contributed by atoms with Gasteiger partial charge in [0.15, 0.2) is 0 Å². The Labute approximate surface area is 93.6 Å². The second kappa shape index (κ2) is 4.45. The third-order valence-electron chi connectivity index (χ3n) is 2.56. The van der Waals surface area contributed by atoms with E-state index in [0.29, 0.717) is 6.10 Å². The molecule has 0 spiro atoms. The van der Waals surface area contributed by atoms with Gasteiger partial charge in [0, 0.05) is 5.33 Å². The van der Waals surface area contributed by atoms with Crippen molar-refractivity contribution in [3.63, 3.8) is 0 Å². The lowest BCUT2D eigenvalue weighted by Crippen LogP contribution is -2.08. The second-order valence-corrected chi connectivity index (χ2v) is 4.48. The predicted molar refractivity (Wildman–Crippen MR) is 61.8 cm³/mol. The molecule has 0 bridgehead atoms. The Hall–Kier alpha value is -0.340. The zero-order valence-corrected chi connectivity index (χ0v) is 9.96. The molecule has 0 saturated heterocycles. The van der Waals surface area contributed by atoms with Crippen LogP contribution in [0, 0.1) is 6.92 Å². The number of hydrogen-bond donors (Lipinski definition) is 0. The van der Waals surface area contributed by atoms with Crippen molar-refractivity contribution in [1.82, 2.24) is 0 Å². The second-order valence-electron chi connectivity index (χ2n) is 3.83. The van der Waals surface area contributed by atoms with E-state index in [1.54, 1.807) is 0 Å². The zero-order valence-electron chi connectivity index (χ0n) is 8.37. The molecule has 0 N–H and O–H groups in total. The summed E-state index contributed by atoms with van der Waals surface area (Å²) in [5.41, 5.74) is 2.63. The van der Waals surface area contributed by atoms with Crippen molar-refractivity contribution in [2.75, 3.05) is 5.33 Å². The van der Waals surface area contributed by atoms with Crippen molar-refractivity contribution in [1.29, 1.82) is 0 Å². The topological polar surface area (TPSA) is 9.23 Å². The van der Waals surface area contributed by atoms with Crippen LogP contribution in [0.15, 0.2) is 24.3 Å². The summed E-state index contributed by atoms with van der Waals surface area (Å²) in [5, 5.41) is 0.883. The number of rotatable bonds is 4. The van der Waals surface area contributed by atoms with Crippen molar-refractivity contribution in [2.45, 2.75) is 32.0 Å². The van der Waals surface area contributed by atoms with Gasteiger partial charge in [-0.2, -0.15) is 0 Å². The van der Waals surface area contributed by atoms with Crippen LogP contribution in [0.25, 0.3) is 0 Å². The summed E-state index contributed by atoms with van der Waals surface area (Å²) in [7, 11) is 0. The quantitative estimate of drug-likeness (QED) is 0.747. The van der Waals surface area contributed by atoms with Crippen LogP contribution in [0.5, 0.6) is 0 Å². The van der Waals surface area contributed by atoms with Gasteiger partial charge in [-0.1, -0.05) is 40.2 Å². The van der Waals surface area contributed by atoms with Gasteiger partial charge in [0.05, 0.1) is 12.2 Å². The maximum Gasteiger partial charge on any atom is 0.0927 e. The Morgan fingerprint density at radius 1 is 1.43 bits per heavy atom. The van der Waals surface area contributed by atoms with Crippen molar-refractivity contribution in [3.05, 3.63) is 35.4 Å². The minimum Gasteiger partial charge on any atom is -0.369 e. The Bertz CT molecular complexity index is 307. The number of benzene rings is 1. The van der Waals surface area contributed by atoms with E-state index in [0.717, 1.165) is 5.33 Å². The van der Waals surface area contributed by atoms with Crippen LogP contribution in [0.2, 0.25) is 0 Å². The summed E-state index contributed by atoms with van der Waals surface area (Å²) in [6.45, 7) is 2.14. The summed E-state index contributed by atoms with van der Waals surface area (Å²) in [6, 6.07) is 8.44. The van der Waals surface area contributed by atoms with E-state index in [4.69, 9.17) is 4.74 Å². The highest BCUT2D eigenvalue weighted by atomic mass is 79.9. The Balaban J connectivity index is 2.12. The van der Waals surface area contributed by atoms with Gasteiger partial charge in [-0.05, 0) is 30.9 Å². The highest BCUT2D eigenvalue weighted by Crippen LogP contribution is 2.32. The van der Waals surface area contributed by atoms with Crippen molar-refractivity contribution in [3.8, 4) is 0 Å². The molecule has 1 aliphatic rings. The Morgan fingerprint density at radius 3 is 2.71 bits per heavy atom. The molecule has 1 atom stereocenters. The Morgan fingerprint density at radius 2 is 2.14 bits per heavy atom. The fourth-order valence-corrected chi connectivity index (χ4v) is 2.08. The van der Waals surface area contributed by atoms with Gasteiger partial charge in [0.2, 0.25) is 0 Å². The molecule has 1 fully saturated rings. The molecule has 14 heavy (non-hydrogen) atoms. The van der Waals surface area contributed by atoms with Gasteiger partial charge >= 0.3 is 0 Å². The zero-order chi connectivity index (χ0) is 9.97. The molecule has 1 unspecified atom stereocenters. The average molecular weight is 255 g/mol. The number of hydrogen-bond acceptors (Lipinski definition) is 1. The molecule has 0 aromatic heterocycles. The van der Waals surface area contributed by atoms with Crippen LogP contribution < -0.4 is 0 Å². The van der Waals surface area contributed by atoms with E-state index in [1.165, 1.54) is 24.0 Å². The monoisotopic (exact) mass is 254 g/mol. The van der Waals surface area contributed by atoms with E-state index in [9.17, 15) is 0 Å². The first-order chi connectivity index (χ1) is 6.81. The first-order valence-electron chi connectivity index (χ1n) is 5.08. The van der Waals surface area contributed by atoms with Gasteiger partial charge < -0.3 is 4.74 Å². The Kier molecular flexibility index (Phi) is 3.24. The van der Waals surface area contributed by atoms with Crippen LogP contribution in [0.3, 0.4) is 0 Å². The van der Waals surface area contributed by atoms with E-state index in [1.807, 2.05) is 0 Å². The number of alkyl halides is 1. The van der Waals surface area contributed by atoms with Gasteiger partial charge in [-0.3, -0.25) is 0 Å². The summed E-state index contributed by atoms with van der Waals surface area (Å²) >= 11 is 3.52. The number of aryl methyl sites for hydroxylation is 1. The fraction of sp³-hybridized carbons (Fsp3) is 0.500.